The predicted molar refractivity (Wildman–Crippen MR) is 84.4 cm³/mol. The molecule has 6 nitrogen and oxygen atoms in total. The molecule has 1 rings (SSSR count). The lowest BCUT2D eigenvalue weighted by molar-refractivity contribution is -0.150. The van der Waals surface area contributed by atoms with Gasteiger partial charge in [0.05, 0.1) is 6.61 Å². The molecule has 0 spiro atoms. The third-order valence-corrected chi connectivity index (χ3v) is 4.21. The van der Waals surface area contributed by atoms with Crippen molar-refractivity contribution in [2.45, 2.75) is 52.2 Å². The molecule has 0 aromatic carbocycles. The Morgan fingerprint density at radius 3 is 2.48 bits per heavy atom. The summed E-state index contributed by atoms with van der Waals surface area (Å²) in [6, 6.07) is 0. The van der Waals surface area contributed by atoms with Gasteiger partial charge in [-0.15, -0.1) is 0 Å². The van der Waals surface area contributed by atoms with E-state index in [4.69, 9.17) is 14.9 Å². The van der Waals surface area contributed by atoms with E-state index in [0.29, 0.717) is 17.8 Å². The third-order valence-electron chi connectivity index (χ3n) is 4.21. The van der Waals surface area contributed by atoms with E-state index in [1.54, 1.807) is 0 Å². The maximum atomic E-state index is 11.9. The largest absolute Gasteiger partial charge is 0.460 e. The molecule has 0 radical (unpaired) electrons. The molecule has 6 heteroatoms. The summed E-state index contributed by atoms with van der Waals surface area (Å²) in [5.74, 6) is -0.0117. The summed E-state index contributed by atoms with van der Waals surface area (Å²) < 4.78 is 10.2. The monoisotopic (exact) mass is 328 g/mol. The fraction of sp³-hybridized carbons (Fsp3) is 0.765. The minimum Gasteiger partial charge on any atom is -0.460 e. The topological polar surface area (TPSA) is 93.1 Å². The van der Waals surface area contributed by atoms with Crippen LogP contribution in [0.3, 0.4) is 0 Å². The van der Waals surface area contributed by atoms with Crippen molar-refractivity contribution in [1.29, 1.82) is 0 Å². The summed E-state index contributed by atoms with van der Waals surface area (Å²) in [7, 11) is 0. The molecule has 0 aliphatic heterocycles. The molecule has 0 amide bonds. The highest BCUT2D eigenvalue weighted by Gasteiger charge is 2.32. The zero-order valence-electron chi connectivity index (χ0n) is 14.1. The van der Waals surface area contributed by atoms with Crippen LogP contribution in [0.1, 0.15) is 40.0 Å². The maximum absolute atomic E-state index is 11.9. The van der Waals surface area contributed by atoms with Crippen LogP contribution in [0.5, 0.6) is 0 Å². The average Bonchev–Trinajstić information content (AvgIpc) is 2.50. The van der Waals surface area contributed by atoms with Crippen molar-refractivity contribution in [3.63, 3.8) is 0 Å². The molecule has 4 atom stereocenters. The van der Waals surface area contributed by atoms with Gasteiger partial charge in [0.1, 0.15) is 18.8 Å². The molecule has 1 saturated carbocycles. The quantitative estimate of drug-likeness (QED) is 0.543. The molecule has 1 fully saturated rings. The van der Waals surface area contributed by atoms with Gasteiger partial charge >= 0.3 is 11.9 Å². The Labute approximate surface area is 137 Å². The number of esters is 2. The molecule has 0 saturated heterocycles. The molecule has 4 unspecified atom stereocenters. The molecule has 0 aromatic rings. The summed E-state index contributed by atoms with van der Waals surface area (Å²) in [6.07, 6.45) is 3.81. The zero-order valence-corrected chi connectivity index (χ0v) is 14.1. The van der Waals surface area contributed by atoms with Gasteiger partial charge < -0.3 is 19.7 Å². The van der Waals surface area contributed by atoms with Crippen molar-refractivity contribution in [2.75, 3.05) is 13.2 Å². The van der Waals surface area contributed by atoms with Gasteiger partial charge in [0.15, 0.2) is 0 Å². The van der Waals surface area contributed by atoms with E-state index in [1.807, 2.05) is 0 Å². The number of rotatable bonds is 7. The molecule has 132 valence electrons. The Bertz CT molecular complexity index is 417. The number of hydrogen-bond donors (Lipinski definition) is 2. The Balaban J connectivity index is 2.47. The van der Waals surface area contributed by atoms with E-state index >= 15 is 0 Å². The predicted octanol–water partition coefficient (Wildman–Crippen LogP) is 1.44. The first kappa shape index (κ1) is 19.6. The Morgan fingerprint density at radius 1 is 1.22 bits per heavy atom. The van der Waals surface area contributed by atoms with Gasteiger partial charge in [0.25, 0.3) is 0 Å². The summed E-state index contributed by atoms with van der Waals surface area (Å²) in [5.41, 5.74) is 0. The van der Waals surface area contributed by atoms with Crippen LogP contribution in [0.25, 0.3) is 0 Å². The van der Waals surface area contributed by atoms with Gasteiger partial charge in [-0.1, -0.05) is 27.2 Å². The SMILES string of the molecule is CC1CCC(C(C)C)C(OC(=O)C=CC(=O)OCC(O)CO)C1. The van der Waals surface area contributed by atoms with Gasteiger partial charge in [-0.25, -0.2) is 9.59 Å². The second kappa shape index (κ2) is 9.67. The average molecular weight is 328 g/mol. The Hall–Kier alpha value is -1.40. The number of aliphatic hydroxyl groups excluding tert-OH is 2. The normalized spacial score (nSPS) is 26.3. The zero-order chi connectivity index (χ0) is 17.4. The summed E-state index contributed by atoms with van der Waals surface area (Å²) in [6.45, 7) is 5.60. The van der Waals surface area contributed by atoms with Gasteiger partial charge in [-0.2, -0.15) is 0 Å². The van der Waals surface area contributed by atoms with E-state index in [0.717, 1.165) is 31.4 Å². The van der Waals surface area contributed by atoms with E-state index in [2.05, 4.69) is 25.5 Å². The van der Waals surface area contributed by atoms with Crippen molar-refractivity contribution < 1.29 is 29.3 Å². The first-order chi connectivity index (χ1) is 10.8. The van der Waals surface area contributed by atoms with Crippen LogP contribution in [0, 0.1) is 17.8 Å². The van der Waals surface area contributed by atoms with Crippen LogP contribution in [0.2, 0.25) is 0 Å². The maximum Gasteiger partial charge on any atom is 0.331 e. The summed E-state index contributed by atoms with van der Waals surface area (Å²) in [5, 5.41) is 17.7. The van der Waals surface area contributed by atoms with Crippen molar-refractivity contribution in [3.8, 4) is 0 Å². The van der Waals surface area contributed by atoms with Crippen molar-refractivity contribution in [1.82, 2.24) is 0 Å². The number of ether oxygens (including phenoxy) is 2. The number of carbonyl (C=O) groups excluding carboxylic acids is 2. The Morgan fingerprint density at radius 2 is 1.87 bits per heavy atom. The van der Waals surface area contributed by atoms with Crippen LogP contribution in [-0.4, -0.2) is 47.6 Å². The Kier molecular flexibility index (Phi) is 8.26. The lowest BCUT2D eigenvalue weighted by Crippen LogP contribution is -2.35. The minimum absolute atomic E-state index is 0.122. The van der Waals surface area contributed by atoms with Crippen LogP contribution < -0.4 is 0 Å². The van der Waals surface area contributed by atoms with Gasteiger partial charge in [0.2, 0.25) is 0 Å². The summed E-state index contributed by atoms with van der Waals surface area (Å²) >= 11 is 0. The third kappa shape index (κ3) is 7.14. The van der Waals surface area contributed by atoms with Crippen LogP contribution >= 0.6 is 0 Å². The smallest absolute Gasteiger partial charge is 0.331 e. The molecule has 1 aliphatic carbocycles. The molecule has 0 bridgehead atoms. The van der Waals surface area contributed by atoms with Gasteiger partial charge in [-0.05, 0) is 30.6 Å². The van der Waals surface area contributed by atoms with Crippen molar-refractivity contribution >= 4 is 11.9 Å². The molecule has 2 N–H and O–H groups in total. The second-order valence-electron chi connectivity index (χ2n) is 6.60. The second-order valence-corrected chi connectivity index (χ2v) is 6.60. The minimum atomic E-state index is -1.12. The van der Waals surface area contributed by atoms with Crippen LogP contribution in [0.4, 0.5) is 0 Å². The standard InChI is InChI=1S/C17H28O6/c1-11(2)14-5-4-12(3)8-15(14)23-17(21)7-6-16(20)22-10-13(19)9-18/h6-7,11-15,18-19H,4-5,8-10H2,1-3H3. The van der Waals surface area contributed by atoms with E-state index in [1.165, 1.54) is 0 Å². The molecular formula is C17H28O6. The number of hydrogen-bond acceptors (Lipinski definition) is 6. The first-order valence-corrected chi connectivity index (χ1v) is 8.17. The summed E-state index contributed by atoms with van der Waals surface area (Å²) in [4.78, 5) is 23.3. The number of carbonyl (C=O) groups is 2. The van der Waals surface area contributed by atoms with Gasteiger partial charge in [-0.3, -0.25) is 0 Å². The van der Waals surface area contributed by atoms with E-state index < -0.39 is 24.6 Å². The van der Waals surface area contributed by atoms with Gasteiger partial charge in [0, 0.05) is 12.2 Å². The highest BCUT2D eigenvalue weighted by molar-refractivity contribution is 5.91. The molecule has 23 heavy (non-hydrogen) atoms. The van der Waals surface area contributed by atoms with Crippen molar-refractivity contribution in [2.24, 2.45) is 17.8 Å². The van der Waals surface area contributed by atoms with Crippen LogP contribution in [0.15, 0.2) is 12.2 Å². The van der Waals surface area contributed by atoms with E-state index in [9.17, 15) is 9.59 Å². The first-order valence-electron chi connectivity index (χ1n) is 8.17. The van der Waals surface area contributed by atoms with E-state index in [-0.39, 0.29) is 12.7 Å². The molecule has 1 aliphatic rings. The highest BCUT2D eigenvalue weighted by atomic mass is 16.5. The van der Waals surface area contributed by atoms with Crippen LogP contribution in [-0.2, 0) is 19.1 Å². The fourth-order valence-corrected chi connectivity index (χ4v) is 2.85. The lowest BCUT2D eigenvalue weighted by atomic mass is 9.75. The molecule has 0 aromatic heterocycles. The molecular weight excluding hydrogens is 300 g/mol. The highest BCUT2D eigenvalue weighted by Crippen LogP contribution is 2.35. The van der Waals surface area contributed by atoms with Crippen molar-refractivity contribution in [3.05, 3.63) is 12.2 Å². The number of aliphatic hydroxyl groups is 2. The molecule has 0 heterocycles. The lowest BCUT2D eigenvalue weighted by Gasteiger charge is -2.36. The fourth-order valence-electron chi connectivity index (χ4n) is 2.85.